The Morgan fingerprint density at radius 3 is 2.90 bits per heavy atom. The molecule has 8 heteroatoms. The molecule has 3 heterocycles. The summed E-state index contributed by atoms with van der Waals surface area (Å²) in [5.41, 5.74) is 4.36. The van der Waals surface area contributed by atoms with E-state index >= 15 is 0 Å². The zero-order valence-corrected chi connectivity index (χ0v) is 12.0. The van der Waals surface area contributed by atoms with Gasteiger partial charge >= 0.3 is 0 Å². The average Bonchev–Trinajstić information content (AvgIpc) is 2.98. The van der Waals surface area contributed by atoms with E-state index in [-0.39, 0.29) is 5.91 Å². The topological polar surface area (TPSA) is 85.6 Å². The van der Waals surface area contributed by atoms with E-state index in [1.807, 2.05) is 20.9 Å². The normalized spacial score (nSPS) is 10.9. The van der Waals surface area contributed by atoms with Crippen molar-refractivity contribution in [2.75, 3.05) is 5.32 Å². The lowest BCUT2D eigenvalue weighted by Gasteiger charge is -2.05. The SMILES string of the molecule is Cc1cc(C(=O)Nc2nncs2)c2c(C)nn(C)c2n1. The Morgan fingerprint density at radius 2 is 2.20 bits per heavy atom. The number of aryl methyl sites for hydroxylation is 3. The third-order valence-electron chi connectivity index (χ3n) is 2.92. The molecule has 0 aliphatic rings. The molecule has 0 saturated carbocycles. The molecule has 102 valence electrons. The summed E-state index contributed by atoms with van der Waals surface area (Å²) in [5.74, 6) is -0.228. The van der Waals surface area contributed by atoms with Crippen molar-refractivity contribution in [1.29, 1.82) is 0 Å². The molecule has 1 N–H and O–H groups in total. The lowest BCUT2D eigenvalue weighted by molar-refractivity contribution is 0.102. The third kappa shape index (κ3) is 2.03. The quantitative estimate of drug-likeness (QED) is 0.775. The maximum atomic E-state index is 12.4. The number of amides is 1. The molecule has 0 fully saturated rings. The van der Waals surface area contributed by atoms with Crippen LogP contribution in [0.4, 0.5) is 5.13 Å². The van der Waals surface area contributed by atoms with Crippen LogP contribution in [0.5, 0.6) is 0 Å². The number of carbonyl (C=O) groups is 1. The smallest absolute Gasteiger partial charge is 0.258 e. The molecule has 0 aromatic carbocycles. The number of hydrogen-bond acceptors (Lipinski definition) is 6. The molecule has 3 aromatic heterocycles. The van der Waals surface area contributed by atoms with Crippen molar-refractivity contribution in [2.45, 2.75) is 13.8 Å². The molecule has 0 unspecified atom stereocenters. The Morgan fingerprint density at radius 1 is 1.40 bits per heavy atom. The fourth-order valence-corrected chi connectivity index (χ4v) is 2.58. The highest BCUT2D eigenvalue weighted by Gasteiger charge is 2.18. The summed E-state index contributed by atoms with van der Waals surface area (Å²) in [6, 6.07) is 1.76. The van der Waals surface area contributed by atoms with Crippen molar-refractivity contribution in [3.63, 3.8) is 0 Å². The zero-order chi connectivity index (χ0) is 14.3. The molecule has 20 heavy (non-hydrogen) atoms. The number of hydrogen-bond donors (Lipinski definition) is 1. The summed E-state index contributed by atoms with van der Waals surface area (Å²) >= 11 is 1.27. The van der Waals surface area contributed by atoms with Crippen molar-refractivity contribution in [2.24, 2.45) is 7.05 Å². The van der Waals surface area contributed by atoms with Crippen LogP contribution in [0.25, 0.3) is 11.0 Å². The molecular weight excluding hydrogens is 276 g/mol. The number of fused-ring (bicyclic) bond motifs is 1. The summed E-state index contributed by atoms with van der Waals surface area (Å²) in [6.07, 6.45) is 0. The lowest BCUT2D eigenvalue weighted by atomic mass is 10.1. The van der Waals surface area contributed by atoms with Crippen molar-refractivity contribution in [3.8, 4) is 0 Å². The van der Waals surface area contributed by atoms with E-state index in [1.54, 1.807) is 16.3 Å². The number of carbonyl (C=O) groups excluding carboxylic acids is 1. The highest BCUT2D eigenvalue weighted by Crippen LogP contribution is 2.22. The first-order valence-electron chi connectivity index (χ1n) is 5.94. The van der Waals surface area contributed by atoms with Crippen LogP contribution >= 0.6 is 11.3 Å². The number of rotatable bonds is 2. The second-order valence-electron chi connectivity index (χ2n) is 4.42. The number of nitrogens with one attached hydrogen (secondary N) is 1. The molecule has 0 spiro atoms. The van der Waals surface area contributed by atoms with Gasteiger partial charge in [-0.25, -0.2) is 4.98 Å². The van der Waals surface area contributed by atoms with Crippen molar-refractivity contribution < 1.29 is 4.79 Å². The third-order valence-corrected chi connectivity index (χ3v) is 3.53. The first-order valence-corrected chi connectivity index (χ1v) is 6.82. The van der Waals surface area contributed by atoms with Crippen LogP contribution in [0.15, 0.2) is 11.6 Å². The summed E-state index contributed by atoms with van der Waals surface area (Å²) in [4.78, 5) is 16.8. The van der Waals surface area contributed by atoms with Gasteiger partial charge in [0.05, 0.1) is 16.6 Å². The van der Waals surface area contributed by atoms with Gasteiger partial charge in [0.2, 0.25) is 5.13 Å². The Kier molecular flexibility index (Phi) is 2.94. The first kappa shape index (κ1) is 12.7. The van der Waals surface area contributed by atoms with Gasteiger partial charge in [-0.2, -0.15) is 5.10 Å². The van der Waals surface area contributed by atoms with Gasteiger partial charge < -0.3 is 0 Å². The number of nitrogens with zero attached hydrogens (tertiary/aromatic N) is 5. The highest BCUT2D eigenvalue weighted by molar-refractivity contribution is 7.13. The summed E-state index contributed by atoms with van der Waals surface area (Å²) in [5, 5.41) is 15.8. The van der Waals surface area contributed by atoms with Crippen molar-refractivity contribution >= 4 is 33.4 Å². The van der Waals surface area contributed by atoms with Crippen LogP contribution in [-0.4, -0.2) is 30.9 Å². The number of anilines is 1. The highest BCUT2D eigenvalue weighted by atomic mass is 32.1. The molecule has 0 aliphatic carbocycles. The summed E-state index contributed by atoms with van der Waals surface area (Å²) < 4.78 is 1.68. The van der Waals surface area contributed by atoms with Crippen LogP contribution in [0.1, 0.15) is 21.7 Å². The minimum Gasteiger partial charge on any atom is -0.296 e. The van der Waals surface area contributed by atoms with Gasteiger partial charge in [0, 0.05) is 12.7 Å². The fourth-order valence-electron chi connectivity index (χ4n) is 2.14. The minimum atomic E-state index is -0.228. The van der Waals surface area contributed by atoms with Gasteiger partial charge in [0.1, 0.15) is 5.51 Å². The van der Waals surface area contributed by atoms with Crippen molar-refractivity contribution in [1.82, 2.24) is 25.0 Å². The molecule has 0 bridgehead atoms. The van der Waals surface area contributed by atoms with Gasteiger partial charge in [0.15, 0.2) is 5.65 Å². The van der Waals surface area contributed by atoms with E-state index in [1.165, 1.54) is 11.3 Å². The number of aromatic nitrogens is 5. The van der Waals surface area contributed by atoms with E-state index in [0.29, 0.717) is 16.3 Å². The monoisotopic (exact) mass is 288 g/mol. The Bertz CT molecular complexity index is 792. The van der Waals surface area contributed by atoms with E-state index in [0.717, 1.165) is 16.8 Å². The van der Waals surface area contributed by atoms with Gasteiger partial charge in [-0.3, -0.25) is 14.8 Å². The van der Waals surface area contributed by atoms with Crippen molar-refractivity contribution in [3.05, 3.63) is 28.5 Å². The predicted molar refractivity (Wildman–Crippen MR) is 75.8 cm³/mol. The summed E-state index contributed by atoms with van der Waals surface area (Å²) in [6.45, 7) is 3.71. The zero-order valence-electron chi connectivity index (χ0n) is 11.2. The lowest BCUT2D eigenvalue weighted by Crippen LogP contribution is -2.13. The molecule has 1 amide bonds. The molecule has 0 atom stereocenters. The van der Waals surface area contributed by atoms with Gasteiger partial charge in [-0.15, -0.1) is 10.2 Å². The van der Waals surface area contributed by atoms with Crippen LogP contribution in [0.3, 0.4) is 0 Å². The molecule has 0 saturated heterocycles. The van der Waals surface area contributed by atoms with E-state index in [2.05, 4.69) is 25.6 Å². The van der Waals surface area contributed by atoms with Crippen LogP contribution in [0, 0.1) is 13.8 Å². The number of pyridine rings is 1. The van der Waals surface area contributed by atoms with Crippen LogP contribution in [0.2, 0.25) is 0 Å². The second kappa shape index (κ2) is 4.64. The molecule has 0 radical (unpaired) electrons. The largest absolute Gasteiger partial charge is 0.296 e. The maximum absolute atomic E-state index is 12.4. The van der Waals surface area contributed by atoms with E-state index in [9.17, 15) is 4.79 Å². The van der Waals surface area contributed by atoms with Gasteiger partial charge in [0.25, 0.3) is 5.91 Å². The predicted octanol–water partition coefficient (Wildman–Crippen LogP) is 1.69. The average molecular weight is 288 g/mol. The van der Waals surface area contributed by atoms with Crippen LogP contribution < -0.4 is 5.32 Å². The second-order valence-corrected chi connectivity index (χ2v) is 5.25. The Hall–Kier alpha value is -2.35. The maximum Gasteiger partial charge on any atom is 0.258 e. The van der Waals surface area contributed by atoms with Gasteiger partial charge in [-0.05, 0) is 19.9 Å². The molecule has 0 aliphatic heterocycles. The molecule has 3 rings (SSSR count). The van der Waals surface area contributed by atoms with Crippen LogP contribution in [-0.2, 0) is 7.05 Å². The minimum absolute atomic E-state index is 0.228. The summed E-state index contributed by atoms with van der Waals surface area (Å²) in [7, 11) is 1.81. The molecular formula is C12H12N6OS. The van der Waals surface area contributed by atoms with Gasteiger partial charge in [-0.1, -0.05) is 11.3 Å². The van der Waals surface area contributed by atoms with E-state index < -0.39 is 0 Å². The standard InChI is InChI=1S/C12H12N6OS/c1-6-4-8(11(19)15-12-16-13-5-20-12)9-7(2)17-18(3)10(9)14-6/h4-5H,1-3H3,(H,15,16,19). The Labute approximate surface area is 118 Å². The first-order chi connectivity index (χ1) is 9.56. The Balaban J connectivity index is 2.13. The van der Waals surface area contributed by atoms with E-state index in [4.69, 9.17) is 0 Å². The fraction of sp³-hybridized carbons (Fsp3) is 0.250. The molecule has 7 nitrogen and oxygen atoms in total. The molecule has 3 aromatic rings.